The number of allylic oxidation sites excluding steroid dienone is 1. The fourth-order valence-electron chi connectivity index (χ4n) is 1.40. The molecule has 0 amide bonds. The molecule has 0 aliphatic carbocycles. The molecule has 0 unspecified atom stereocenters. The van der Waals surface area contributed by atoms with Gasteiger partial charge in [-0.15, -0.1) is 0 Å². The normalized spacial score (nSPS) is 12.2. The van der Waals surface area contributed by atoms with Gasteiger partial charge in [0.25, 0.3) is 0 Å². The molecule has 4 nitrogen and oxygen atoms in total. The monoisotopic (exact) mass is 261 g/mol. The molecule has 1 rings (SSSR count). The van der Waals surface area contributed by atoms with Crippen LogP contribution in [0.2, 0.25) is 0 Å². The lowest BCUT2D eigenvalue weighted by Gasteiger charge is -2.03. The highest BCUT2D eigenvalue weighted by Crippen LogP contribution is 2.18. The molecule has 4 heteroatoms. The van der Waals surface area contributed by atoms with E-state index in [4.69, 9.17) is 9.47 Å². The molecule has 102 valence electrons. The molecule has 0 aliphatic rings. The van der Waals surface area contributed by atoms with Crippen molar-refractivity contribution in [3.8, 4) is 5.75 Å². The van der Waals surface area contributed by atoms with E-state index in [9.17, 15) is 4.79 Å². The van der Waals surface area contributed by atoms with Crippen molar-refractivity contribution in [1.82, 2.24) is 0 Å². The van der Waals surface area contributed by atoms with E-state index in [1.54, 1.807) is 14.0 Å². The Hall–Kier alpha value is -2.10. The van der Waals surface area contributed by atoms with Crippen LogP contribution in [0.3, 0.4) is 0 Å². The first-order valence-electron chi connectivity index (χ1n) is 6.11. The number of nitrogens with zero attached hydrogens (tertiary/aromatic N) is 1. The van der Waals surface area contributed by atoms with E-state index in [0.717, 1.165) is 22.7 Å². The van der Waals surface area contributed by atoms with Crippen molar-refractivity contribution in [2.45, 2.75) is 20.8 Å². The summed E-state index contributed by atoms with van der Waals surface area (Å²) in [6, 6.07) is 7.41. The Kier molecular flexibility index (Phi) is 5.79. The van der Waals surface area contributed by atoms with Crippen molar-refractivity contribution in [2.75, 3.05) is 13.7 Å². The average molecular weight is 261 g/mol. The summed E-state index contributed by atoms with van der Waals surface area (Å²) in [7, 11) is 1.62. The number of aliphatic imine (C=N–C) groups is 1. The third-order valence-electron chi connectivity index (χ3n) is 2.56. The Labute approximate surface area is 113 Å². The zero-order chi connectivity index (χ0) is 14.3. The van der Waals surface area contributed by atoms with E-state index >= 15 is 0 Å². The van der Waals surface area contributed by atoms with Crippen molar-refractivity contribution < 1.29 is 14.3 Å². The van der Waals surface area contributed by atoms with Crippen LogP contribution in [0.25, 0.3) is 0 Å². The highest BCUT2D eigenvalue weighted by Gasteiger charge is 2.01. The lowest BCUT2D eigenvalue weighted by Crippen LogP contribution is -2.03. The number of hydrogen-bond donors (Lipinski definition) is 0. The third kappa shape index (κ3) is 4.95. The van der Waals surface area contributed by atoms with Crippen LogP contribution in [-0.2, 0) is 9.53 Å². The molecule has 0 aromatic heterocycles. The van der Waals surface area contributed by atoms with Gasteiger partial charge in [0, 0.05) is 11.8 Å². The van der Waals surface area contributed by atoms with Crippen molar-refractivity contribution in [2.24, 2.45) is 4.99 Å². The fraction of sp³-hybridized carbons (Fsp3) is 0.333. The second kappa shape index (κ2) is 7.36. The summed E-state index contributed by atoms with van der Waals surface area (Å²) in [6.07, 6.45) is 1.45. The van der Waals surface area contributed by atoms with Gasteiger partial charge in [-0.1, -0.05) is 0 Å². The summed E-state index contributed by atoms with van der Waals surface area (Å²) in [5, 5.41) is 0. The van der Waals surface area contributed by atoms with Gasteiger partial charge in [-0.3, -0.25) is 4.99 Å². The maximum absolute atomic E-state index is 11.3. The maximum Gasteiger partial charge on any atom is 0.331 e. The minimum atomic E-state index is -0.343. The van der Waals surface area contributed by atoms with Gasteiger partial charge >= 0.3 is 5.97 Å². The number of hydrogen-bond acceptors (Lipinski definition) is 4. The number of benzene rings is 1. The van der Waals surface area contributed by atoms with Gasteiger partial charge in [-0.05, 0) is 50.6 Å². The number of carbonyl (C=O) groups excluding carboxylic acids is 1. The molecule has 0 saturated heterocycles. The Morgan fingerprint density at radius 1 is 1.26 bits per heavy atom. The Morgan fingerprint density at radius 2 is 1.89 bits per heavy atom. The molecule has 1 aromatic rings. The molecular formula is C15H19NO3. The standard InChI is InChI=1S/C15H19NO3/c1-5-19-15(17)10-11(2)12(3)16-13-6-8-14(18-4)9-7-13/h6-10H,5H2,1-4H3/b11-10+,16-12?. The van der Waals surface area contributed by atoms with Crippen molar-refractivity contribution in [3.63, 3.8) is 0 Å². The lowest BCUT2D eigenvalue weighted by atomic mass is 10.2. The third-order valence-corrected chi connectivity index (χ3v) is 2.56. The van der Waals surface area contributed by atoms with Crippen molar-refractivity contribution in [3.05, 3.63) is 35.9 Å². The number of rotatable bonds is 5. The Morgan fingerprint density at radius 3 is 2.42 bits per heavy atom. The van der Waals surface area contributed by atoms with E-state index in [-0.39, 0.29) is 5.97 Å². The summed E-state index contributed by atoms with van der Waals surface area (Å²) in [4.78, 5) is 15.8. The number of methoxy groups -OCH3 is 1. The molecule has 0 fully saturated rings. The fourth-order valence-corrected chi connectivity index (χ4v) is 1.40. The Balaban J connectivity index is 2.82. The molecule has 19 heavy (non-hydrogen) atoms. The molecule has 0 spiro atoms. The number of esters is 1. The molecule has 1 aromatic carbocycles. The highest BCUT2D eigenvalue weighted by molar-refractivity contribution is 6.03. The van der Waals surface area contributed by atoms with Crippen LogP contribution in [0.15, 0.2) is 40.9 Å². The molecule has 0 heterocycles. The van der Waals surface area contributed by atoms with Gasteiger partial charge in [0.1, 0.15) is 5.75 Å². The molecule has 0 bridgehead atoms. The molecule has 0 atom stereocenters. The van der Waals surface area contributed by atoms with Crippen LogP contribution in [0.4, 0.5) is 5.69 Å². The first-order chi connectivity index (χ1) is 9.06. The van der Waals surface area contributed by atoms with E-state index in [0.29, 0.717) is 6.61 Å². The van der Waals surface area contributed by atoms with Gasteiger partial charge in [0.15, 0.2) is 0 Å². The first-order valence-corrected chi connectivity index (χ1v) is 6.11. The van der Waals surface area contributed by atoms with E-state index in [1.807, 2.05) is 38.1 Å². The molecule has 0 aliphatic heterocycles. The highest BCUT2D eigenvalue weighted by atomic mass is 16.5. The maximum atomic E-state index is 11.3. The molecule has 0 N–H and O–H groups in total. The average Bonchev–Trinajstić information content (AvgIpc) is 2.39. The van der Waals surface area contributed by atoms with Crippen molar-refractivity contribution >= 4 is 17.4 Å². The van der Waals surface area contributed by atoms with E-state index < -0.39 is 0 Å². The molecular weight excluding hydrogens is 242 g/mol. The zero-order valence-corrected chi connectivity index (χ0v) is 11.8. The summed E-state index contributed by atoms with van der Waals surface area (Å²) in [5.41, 5.74) is 2.38. The van der Waals surface area contributed by atoms with Crippen LogP contribution < -0.4 is 4.74 Å². The van der Waals surface area contributed by atoms with Crippen LogP contribution >= 0.6 is 0 Å². The van der Waals surface area contributed by atoms with Gasteiger partial charge in [-0.2, -0.15) is 0 Å². The minimum Gasteiger partial charge on any atom is -0.497 e. The Bertz CT molecular complexity index is 487. The topological polar surface area (TPSA) is 47.9 Å². The number of carbonyl (C=O) groups is 1. The van der Waals surface area contributed by atoms with Crippen LogP contribution in [0, 0.1) is 0 Å². The van der Waals surface area contributed by atoms with Crippen LogP contribution in [0.5, 0.6) is 5.75 Å². The largest absolute Gasteiger partial charge is 0.497 e. The minimum absolute atomic E-state index is 0.343. The van der Waals surface area contributed by atoms with Gasteiger partial charge in [0.05, 0.1) is 19.4 Å². The first kappa shape index (κ1) is 15.0. The summed E-state index contributed by atoms with van der Waals surface area (Å²) >= 11 is 0. The second-order valence-electron chi connectivity index (χ2n) is 3.97. The second-order valence-corrected chi connectivity index (χ2v) is 3.97. The summed E-state index contributed by atoms with van der Waals surface area (Å²) in [6.45, 7) is 5.84. The molecule has 0 radical (unpaired) electrons. The van der Waals surface area contributed by atoms with Crippen molar-refractivity contribution in [1.29, 1.82) is 0 Å². The van der Waals surface area contributed by atoms with Crippen LogP contribution in [0.1, 0.15) is 20.8 Å². The van der Waals surface area contributed by atoms with E-state index in [1.165, 1.54) is 6.08 Å². The summed E-state index contributed by atoms with van der Waals surface area (Å²) < 4.78 is 9.94. The number of ether oxygens (including phenoxy) is 2. The predicted octanol–water partition coefficient (Wildman–Crippen LogP) is 3.30. The summed E-state index contributed by atoms with van der Waals surface area (Å²) in [5.74, 6) is 0.444. The van der Waals surface area contributed by atoms with Gasteiger partial charge in [-0.25, -0.2) is 4.79 Å². The van der Waals surface area contributed by atoms with Gasteiger partial charge < -0.3 is 9.47 Å². The predicted molar refractivity (Wildman–Crippen MR) is 76.2 cm³/mol. The van der Waals surface area contributed by atoms with Crippen LogP contribution in [-0.4, -0.2) is 25.4 Å². The SMILES string of the molecule is CCOC(=O)/C=C(\C)C(C)=Nc1ccc(OC)cc1. The quantitative estimate of drug-likeness (QED) is 0.464. The zero-order valence-electron chi connectivity index (χ0n) is 11.8. The lowest BCUT2D eigenvalue weighted by molar-refractivity contribution is -0.137. The smallest absolute Gasteiger partial charge is 0.331 e. The van der Waals surface area contributed by atoms with Gasteiger partial charge in [0.2, 0.25) is 0 Å². The van der Waals surface area contributed by atoms with E-state index in [2.05, 4.69) is 4.99 Å². The molecule has 0 saturated carbocycles.